The van der Waals surface area contributed by atoms with Crippen molar-refractivity contribution < 1.29 is 127 Å². The van der Waals surface area contributed by atoms with E-state index in [4.69, 9.17) is 5.73 Å². The first-order chi connectivity index (χ1) is 59.6. The number of carboxylic acids is 5. The Morgan fingerprint density at radius 1 is 0.354 bits per heavy atom. The van der Waals surface area contributed by atoms with E-state index in [0.717, 1.165) is 6.33 Å². The van der Waals surface area contributed by atoms with Gasteiger partial charge in [0.25, 0.3) is 0 Å². The quantitative estimate of drug-likeness (QED) is 0.0238. The van der Waals surface area contributed by atoms with Gasteiger partial charge >= 0.3 is 29.8 Å². The number of amides is 15. The van der Waals surface area contributed by atoms with Crippen LogP contribution in [0, 0.1) is 35.5 Å². The molecule has 15 amide bonds. The molecular formula is C81H124N20O26. The van der Waals surface area contributed by atoms with Gasteiger partial charge in [0.1, 0.15) is 90.6 Å². The minimum Gasteiger partial charge on any atom is -0.481 e. The number of hydrogen-bond acceptors (Lipinski definition) is 24. The molecule has 0 aliphatic heterocycles. The number of aromatic nitrogens is 4. The first-order valence-electron chi connectivity index (χ1n) is 41.5. The topological polar surface area (TPSA) is 727 Å². The zero-order valence-corrected chi connectivity index (χ0v) is 73.2. The minimum atomic E-state index is -2.30. The minimum absolute atomic E-state index is 0.0302. The molecular weight excluding hydrogens is 1670 g/mol. The number of rotatable bonds is 58. The first kappa shape index (κ1) is 108. The molecule has 0 fully saturated rings. The van der Waals surface area contributed by atoms with E-state index < -0.39 is 266 Å². The van der Waals surface area contributed by atoms with Gasteiger partial charge in [-0.3, -0.25) is 91.1 Å². The van der Waals surface area contributed by atoms with E-state index in [2.05, 4.69) is 89.1 Å². The molecule has 16 atom stereocenters. The lowest BCUT2D eigenvalue weighted by Crippen LogP contribution is -2.62. The Bertz CT molecular complexity index is 4240. The van der Waals surface area contributed by atoms with Gasteiger partial charge in [-0.15, -0.1) is 0 Å². The van der Waals surface area contributed by atoms with Gasteiger partial charge in [-0.2, -0.15) is 0 Å². The molecule has 127 heavy (non-hydrogen) atoms. The number of benzene rings is 1. The van der Waals surface area contributed by atoms with E-state index in [9.17, 15) is 127 Å². The molecule has 0 saturated heterocycles. The fraction of sp³-hybridized carbons (Fsp3) is 0.605. The molecule has 2 aromatic heterocycles. The Labute approximate surface area is 732 Å². The maximum absolute atomic E-state index is 14.7. The van der Waals surface area contributed by atoms with Gasteiger partial charge in [0.2, 0.25) is 88.6 Å². The van der Waals surface area contributed by atoms with Crippen molar-refractivity contribution in [1.82, 2.24) is 99.7 Å². The third-order valence-corrected chi connectivity index (χ3v) is 19.8. The number of nitrogens with one attached hydrogen (secondary N) is 17. The molecule has 0 radical (unpaired) electrons. The molecule has 3 rings (SSSR count). The molecule has 0 bridgehead atoms. The number of hydrogen-bond donors (Lipinski definition) is 24. The van der Waals surface area contributed by atoms with Crippen LogP contribution in [0.15, 0.2) is 55.4 Å². The summed E-state index contributed by atoms with van der Waals surface area (Å²) in [6.45, 7) is 20.0. The lowest BCUT2D eigenvalue weighted by Gasteiger charge is -2.31. The molecule has 3 aromatic rings. The van der Waals surface area contributed by atoms with Crippen LogP contribution in [0.25, 0.3) is 0 Å². The van der Waals surface area contributed by atoms with Crippen LogP contribution in [0.5, 0.6) is 0 Å². The molecule has 0 saturated carbocycles. The molecule has 0 aliphatic carbocycles. The number of nitrogens with two attached hydrogens (primary N) is 1. The Kier molecular flexibility index (Phi) is 46.0. The summed E-state index contributed by atoms with van der Waals surface area (Å²) < 4.78 is 0. The number of carboxylic acid groups (broad SMARTS) is 5. The predicted molar refractivity (Wildman–Crippen MR) is 449 cm³/mol. The zero-order chi connectivity index (χ0) is 95.8. The van der Waals surface area contributed by atoms with Gasteiger partial charge in [0.15, 0.2) is 0 Å². The molecule has 25 N–H and O–H groups in total. The second kappa shape index (κ2) is 54.0. The number of nitrogens with zero attached hydrogens (tertiary/aromatic N) is 2. The highest BCUT2D eigenvalue weighted by Gasteiger charge is 2.42. The van der Waals surface area contributed by atoms with E-state index in [1.165, 1.54) is 39.5 Å². The maximum Gasteiger partial charge on any atom is 0.326 e. The molecule has 0 aliphatic rings. The van der Waals surface area contributed by atoms with Crippen molar-refractivity contribution >= 4 is 118 Å². The summed E-state index contributed by atoms with van der Waals surface area (Å²) in [6, 6.07) is -18.1. The second-order valence-electron chi connectivity index (χ2n) is 32.6. The molecule has 2 heterocycles. The number of aliphatic hydroxyl groups is 1. The van der Waals surface area contributed by atoms with Crippen LogP contribution < -0.4 is 85.5 Å². The smallest absolute Gasteiger partial charge is 0.326 e. The molecule has 0 unspecified atom stereocenters. The van der Waals surface area contributed by atoms with Crippen LogP contribution in [0.1, 0.15) is 171 Å². The Balaban J connectivity index is 1.95. The molecule has 704 valence electrons. The number of aliphatic carboxylic acids is 5. The van der Waals surface area contributed by atoms with Crippen molar-refractivity contribution in [3.05, 3.63) is 72.3 Å². The number of carbonyl (C=O) groups excluding carboxylic acids is 15. The molecule has 0 spiro atoms. The normalized spacial score (nSPS) is 15.1. The van der Waals surface area contributed by atoms with Gasteiger partial charge in [-0.05, 0) is 79.7 Å². The van der Waals surface area contributed by atoms with Crippen LogP contribution in [0.3, 0.4) is 0 Å². The summed E-state index contributed by atoms with van der Waals surface area (Å²) in [7, 11) is 0. The highest BCUT2D eigenvalue weighted by molar-refractivity contribution is 6.02. The van der Waals surface area contributed by atoms with Gasteiger partial charge < -0.3 is 126 Å². The van der Waals surface area contributed by atoms with Crippen molar-refractivity contribution in [2.24, 2.45) is 41.2 Å². The summed E-state index contributed by atoms with van der Waals surface area (Å²) in [4.78, 5) is 286. The zero-order valence-electron chi connectivity index (χ0n) is 73.2. The van der Waals surface area contributed by atoms with Crippen LogP contribution in [0.2, 0.25) is 0 Å². The average Bonchev–Trinajstić information content (AvgIpc) is 1.11. The van der Waals surface area contributed by atoms with Crippen molar-refractivity contribution in [2.75, 3.05) is 13.2 Å². The van der Waals surface area contributed by atoms with Gasteiger partial charge in [0, 0.05) is 38.6 Å². The summed E-state index contributed by atoms with van der Waals surface area (Å²) in [6.07, 6.45) is -0.625. The lowest BCUT2D eigenvalue weighted by atomic mass is 9.95. The van der Waals surface area contributed by atoms with Crippen molar-refractivity contribution in [2.45, 2.75) is 264 Å². The summed E-state index contributed by atoms with van der Waals surface area (Å²) in [5, 5.41) is 96.2. The SMILES string of the molecule is CC[C@H](C)[C@H](NC(=O)[C@@H](NC(C)=O)C(C)C)C(=O)N[C@@H](CC(C)C)C(=O)N[C@H](C(=O)N[C@@H](CC(C)C)C(=O)N[C@@H](Cc1ccccc1)C(=O)N[C@@H](CC(=O)O)C(=O)N[C@@H](CC(=O)O)C(=O)N[C@@H](Cc1c[nH]cn1)C(=O)N[C@@H](CO)C(=O)N[C@@H](CC(=O)O)C(=O)N[C@@H](CC(=O)O)C(=O)N[C@H](C(=O)N[C@@H](Cc1c[nH]cn1)C(=O)N[C@@H](CCCCN)C(=O)O)C(C)C)C(C)C. The van der Waals surface area contributed by atoms with Crippen LogP contribution >= 0.6 is 0 Å². The standard InChI is InChI=1S/C81H124N20O26/c1-14-43(12)66(101-79(124)63(40(6)7)87-44(13)103)80(125)96-50(25-39(4)5)74(119)99-64(41(8)9)77(122)95-49(24-38(2)3)67(112)89-51(26-45-20-16-15-17-21-45)68(113)91-55(30-60(106)107)72(117)92-54(29-59(104)105)71(116)90-52(27-46-33-83-36-85-46)70(115)98-58(35-102)76(121)94-56(31-61(108)109)73(118)93-57(32-62(110)111)75(120)100-65(42(10)11)78(123)97-53(28-47-34-84-37-86-47)69(114)88-48(81(126)127)22-18-19-23-82/h15-17,20-21,33-34,36-43,48-58,63-66,102H,14,18-19,22-32,35,82H2,1-13H3,(H,83,85)(H,84,86)(H,87,103)(H,88,114)(H,89,112)(H,90,116)(H,91,113)(H,92,117)(H,93,118)(H,94,121)(H,95,122)(H,96,125)(H,97,123)(H,98,115)(H,99,119)(H,100,120)(H,101,124)(H,104,105)(H,106,107)(H,108,109)(H,110,111)(H,126,127)/t43-,48-,49-,50-,51-,52-,53-,54-,55-,56-,57-,58-,63-,64-,65-,66-/m0/s1. The van der Waals surface area contributed by atoms with Crippen molar-refractivity contribution in [3.8, 4) is 0 Å². The van der Waals surface area contributed by atoms with Crippen LogP contribution in [-0.2, 0) is 115 Å². The number of aromatic amines is 2. The fourth-order valence-electron chi connectivity index (χ4n) is 12.8. The van der Waals surface area contributed by atoms with Gasteiger partial charge in [-0.1, -0.05) is 120 Å². The lowest BCUT2D eigenvalue weighted by molar-refractivity contribution is -0.144. The third-order valence-electron chi connectivity index (χ3n) is 19.8. The maximum atomic E-state index is 14.7. The van der Waals surface area contributed by atoms with Crippen LogP contribution in [-0.4, -0.2) is 273 Å². The Morgan fingerprint density at radius 2 is 0.646 bits per heavy atom. The summed E-state index contributed by atoms with van der Waals surface area (Å²) in [5.74, 6) is -28.4. The van der Waals surface area contributed by atoms with E-state index in [1.807, 2.05) is 10.6 Å². The van der Waals surface area contributed by atoms with Gasteiger partial charge in [-0.25, -0.2) is 14.8 Å². The van der Waals surface area contributed by atoms with Crippen molar-refractivity contribution in [1.29, 1.82) is 0 Å². The van der Waals surface area contributed by atoms with E-state index in [-0.39, 0.29) is 67.8 Å². The number of H-pyrrole nitrogens is 2. The first-order valence-corrected chi connectivity index (χ1v) is 41.5. The highest BCUT2D eigenvalue weighted by Crippen LogP contribution is 2.18. The largest absolute Gasteiger partial charge is 0.481 e. The number of imidazole rings is 2. The number of carbonyl (C=O) groups is 20. The number of unbranched alkanes of at least 4 members (excludes halogenated alkanes) is 1. The molecule has 46 nitrogen and oxygen atoms in total. The average molecular weight is 1790 g/mol. The van der Waals surface area contributed by atoms with E-state index >= 15 is 0 Å². The van der Waals surface area contributed by atoms with Crippen LogP contribution in [0.4, 0.5) is 0 Å². The summed E-state index contributed by atoms with van der Waals surface area (Å²) >= 11 is 0. The summed E-state index contributed by atoms with van der Waals surface area (Å²) in [5.41, 5.74) is 6.12. The van der Waals surface area contributed by atoms with Crippen molar-refractivity contribution in [3.63, 3.8) is 0 Å². The third kappa shape index (κ3) is 38.5. The van der Waals surface area contributed by atoms with E-state index in [0.29, 0.717) is 24.8 Å². The molecule has 1 aromatic carbocycles. The second-order valence-corrected chi connectivity index (χ2v) is 32.6. The highest BCUT2D eigenvalue weighted by atomic mass is 16.4. The Morgan fingerprint density at radius 3 is 0.976 bits per heavy atom. The van der Waals surface area contributed by atoms with E-state index in [1.54, 1.807) is 99.6 Å². The Hall–Kier alpha value is -13.0. The molecule has 46 heteroatoms. The van der Waals surface area contributed by atoms with Gasteiger partial charge in [0.05, 0.1) is 56.3 Å². The predicted octanol–water partition coefficient (Wildman–Crippen LogP) is -4.34. The fourth-order valence-corrected chi connectivity index (χ4v) is 12.8. The monoisotopic (exact) mass is 1790 g/mol. The number of aliphatic hydroxyl groups excluding tert-OH is 1.